The van der Waals surface area contributed by atoms with Crippen molar-refractivity contribution >= 4 is 23.2 Å². The van der Waals surface area contributed by atoms with E-state index >= 15 is 0 Å². The molecule has 1 aromatic heterocycles. The van der Waals surface area contributed by atoms with Crippen molar-refractivity contribution in [1.29, 1.82) is 0 Å². The number of aromatic nitrogens is 1. The molecule has 2 N–H and O–H groups in total. The first-order valence-electron chi connectivity index (χ1n) is 10.8. The van der Waals surface area contributed by atoms with E-state index in [1.54, 1.807) is 37.3 Å². The van der Waals surface area contributed by atoms with Crippen molar-refractivity contribution < 1.29 is 32.6 Å². The molecule has 1 amide bonds. The van der Waals surface area contributed by atoms with Gasteiger partial charge in [0.2, 0.25) is 0 Å². The maximum atomic E-state index is 12.8. The second kappa shape index (κ2) is 11.9. The van der Waals surface area contributed by atoms with E-state index in [1.807, 2.05) is 6.92 Å². The Morgan fingerprint density at radius 1 is 1.11 bits per heavy atom. The summed E-state index contributed by atoms with van der Waals surface area (Å²) in [4.78, 5) is 28.5. The summed E-state index contributed by atoms with van der Waals surface area (Å²) in [5.41, 5.74) is -0.374. The van der Waals surface area contributed by atoms with Crippen LogP contribution in [0.2, 0.25) is 0 Å². The zero-order valence-electron chi connectivity index (χ0n) is 20.3. The molecule has 0 fully saturated rings. The third kappa shape index (κ3) is 7.67. The Morgan fingerprint density at radius 2 is 1.67 bits per heavy atom. The number of hydrogen-bond donors (Lipinski definition) is 2. The molecule has 0 aliphatic rings. The van der Waals surface area contributed by atoms with Crippen LogP contribution < -0.4 is 10.1 Å². The number of aryl methyl sites for hydroxylation is 1. The first kappa shape index (κ1) is 28.6. The molecule has 0 radical (unpaired) electrons. The lowest BCUT2D eigenvalue weighted by Crippen LogP contribution is -2.37. The summed E-state index contributed by atoms with van der Waals surface area (Å²) in [6, 6.07) is 11.3. The number of amides is 1. The van der Waals surface area contributed by atoms with Crippen LogP contribution in [-0.2, 0) is 17.5 Å². The second-order valence-electron chi connectivity index (χ2n) is 8.16. The van der Waals surface area contributed by atoms with Crippen LogP contribution in [0.5, 0.6) is 5.75 Å². The van der Waals surface area contributed by atoms with E-state index in [-0.39, 0.29) is 12.5 Å². The zero-order valence-corrected chi connectivity index (χ0v) is 21.1. The summed E-state index contributed by atoms with van der Waals surface area (Å²) in [7, 11) is 0. The number of thiazole rings is 1. The van der Waals surface area contributed by atoms with Crippen LogP contribution in [0.1, 0.15) is 47.3 Å². The van der Waals surface area contributed by atoms with E-state index in [0.717, 1.165) is 29.0 Å². The lowest BCUT2D eigenvalue weighted by Gasteiger charge is -2.21. The molecule has 6 nitrogen and oxygen atoms in total. The van der Waals surface area contributed by atoms with Gasteiger partial charge in [-0.25, -0.2) is 9.78 Å². The monoisotopic (exact) mass is 520 g/mol. The van der Waals surface area contributed by atoms with Crippen LogP contribution in [0.4, 0.5) is 13.2 Å². The molecule has 0 spiro atoms. The van der Waals surface area contributed by atoms with Gasteiger partial charge in [0.1, 0.15) is 15.6 Å². The van der Waals surface area contributed by atoms with Crippen LogP contribution in [0, 0.1) is 6.92 Å². The molecule has 0 aliphatic carbocycles. The number of nitrogens with one attached hydrogen (secondary N) is 1. The molecule has 0 atom stereocenters. The van der Waals surface area contributed by atoms with Gasteiger partial charge < -0.3 is 15.2 Å². The van der Waals surface area contributed by atoms with Crippen molar-refractivity contribution in [1.82, 2.24) is 10.3 Å². The quantitative estimate of drug-likeness (QED) is 0.347. The lowest BCUT2D eigenvalue weighted by atomic mass is 10.1. The number of allylic oxidation sites excluding steroid dienone is 1. The number of benzene rings is 2. The fraction of sp³-hybridized carbons (Fsp3) is 0.269. The highest BCUT2D eigenvalue weighted by Crippen LogP contribution is 2.33. The molecular weight excluding hydrogens is 493 g/mol. The van der Waals surface area contributed by atoms with E-state index in [0.29, 0.717) is 26.9 Å². The first-order valence-corrected chi connectivity index (χ1v) is 11.6. The molecule has 1 heterocycles. The Morgan fingerprint density at radius 3 is 2.17 bits per heavy atom. The van der Waals surface area contributed by atoms with Gasteiger partial charge in [-0.2, -0.15) is 13.2 Å². The smallest absolute Gasteiger partial charge is 0.416 e. The average molecular weight is 521 g/mol. The summed E-state index contributed by atoms with van der Waals surface area (Å²) in [6.07, 6.45) is -2.67. The molecule has 2 aromatic carbocycles. The number of aliphatic carboxylic acids is 1. The predicted molar refractivity (Wildman–Crippen MR) is 133 cm³/mol. The summed E-state index contributed by atoms with van der Waals surface area (Å²) in [5, 5.41) is 12.4. The minimum absolute atomic E-state index is 0.217. The minimum Gasteiger partial charge on any atom is -0.478 e. The third-order valence-corrected chi connectivity index (χ3v) is 5.93. The van der Waals surface area contributed by atoms with Crippen LogP contribution in [-0.4, -0.2) is 27.6 Å². The number of halogens is 3. The van der Waals surface area contributed by atoms with Gasteiger partial charge in [0, 0.05) is 12.1 Å². The molecule has 0 unspecified atom stereocenters. The van der Waals surface area contributed by atoms with Crippen molar-refractivity contribution in [2.24, 2.45) is 0 Å². The molecular formula is C26H27F3N2O4S. The topological polar surface area (TPSA) is 88.5 Å². The van der Waals surface area contributed by atoms with E-state index in [4.69, 9.17) is 9.84 Å². The van der Waals surface area contributed by atoms with E-state index in [2.05, 4.69) is 16.9 Å². The maximum absolute atomic E-state index is 12.8. The molecule has 10 heteroatoms. The largest absolute Gasteiger partial charge is 0.478 e. The van der Waals surface area contributed by atoms with Gasteiger partial charge in [0.05, 0.1) is 11.3 Å². The van der Waals surface area contributed by atoms with Crippen molar-refractivity contribution in [3.8, 4) is 16.3 Å². The number of hydrogen-bond acceptors (Lipinski definition) is 5. The fourth-order valence-electron chi connectivity index (χ4n) is 2.81. The van der Waals surface area contributed by atoms with Crippen molar-refractivity contribution in [2.45, 2.75) is 46.0 Å². The number of ether oxygens (including phenoxy) is 1. The van der Waals surface area contributed by atoms with Gasteiger partial charge in [0.25, 0.3) is 5.91 Å². The summed E-state index contributed by atoms with van der Waals surface area (Å²) in [5.74, 6) is -1.05. The average Bonchev–Trinajstić information content (AvgIpc) is 3.20. The van der Waals surface area contributed by atoms with Crippen molar-refractivity contribution in [3.63, 3.8) is 0 Å². The van der Waals surface area contributed by atoms with Gasteiger partial charge in [-0.05, 0) is 57.5 Å². The Hall–Kier alpha value is -3.66. The van der Waals surface area contributed by atoms with Gasteiger partial charge in [-0.3, -0.25) is 4.79 Å². The van der Waals surface area contributed by atoms with Crippen LogP contribution >= 0.6 is 11.3 Å². The lowest BCUT2D eigenvalue weighted by molar-refractivity contribution is -0.152. The molecule has 3 rings (SSSR count). The normalized spacial score (nSPS) is 11.2. The maximum Gasteiger partial charge on any atom is 0.416 e. The Bertz CT molecular complexity index is 1200. The zero-order chi connectivity index (χ0) is 27.1. The van der Waals surface area contributed by atoms with Gasteiger partial charge >= 0.3 is 12.1 Å². The van der Waals surface area contributed by atoms with Gasteiger partial charge in [0.15, 0.2) is 5.60 Å². The van der Waals surface area contributed by atoms with Gasteiger partial charge in [-0.15, -0.1) is 17.9 Å². The number of alkyl halides is 3. The SMILES string of the molecule is C=CC.Cc1nc(-c2ccc(C(F)(F)F)cc2)sc1C(=O)NCc1ccc(OC(C)(C)C(=O)O)cc1. The van der Waals surface area contributed by atoms with Crippen LogP contribution in [0.3, 0.4) is 0 Å². The highest BCUT2D eigenvalue weighted by Gasteiger charge is 2.30. The highest BCUT2D eigenvalue weighted by atomic mass is 32.1. The molecule has 3 aromatic rings. The third-order valence-electron chi connectivity index (χ3n) is 4.73. The van der Waals surface area contributed by atoms with Crippen LogP contribution in [0.25, 0.3) is 10.6 Å². The Labute approximate surface area is 211 Å². The first-order chi connectivity index (χ1) is 16.8. The molecule has 36 heavy (non-hydrogen) atoms. The van der Waals surface area contributed by atoms with E-state index in [1.165, 1.54) is 26.0 Å². The summed E-state index contributed by atoms with van der Waals surface area (Å²) >= 11 is 1.10. The van der Waals surface area contributed by atoms with Gasteiger partial charge in [-0.1, -0.05) is 30.3 Å². The summed E-state index contributed by atoms with van der Waals surface area (Å²) < 4.78 is 43.7. The molecule has 0 bridgehead atoms. The molecule has 0 aliphatic heterocycles. The second-order valence-corrected chi connectivity index (χ2v) is 9.16. The number of carboxylic acids is 1. The standard InChI is InChI=1S/C23H21F3N2O4S.C3H6/c1-13-18(33-20(28-13)15-6-8-16(9-7-15)23(24,25)26)19(29)27-12-14-4-10-17(11-5-14)32-22(2,3)21(30)31;1-3-2/h4-11H,12H2,1-3H3,(H,27,29)(H,30,31);3H,1H2,2H3. The minimum atomic E-state index is -4.42. The number of rotatable bonds is 7. The molecule has 0 saturated heterocycles. The Balaban J connectivity index is 0.00000145. The molecule has 192 valence electrons. The van der Waals surface area contributed by atoms with E-state index < -0.39 is 23.3 Å². The van der Waals surface area contributed by atoms with Crippen molar-refractivity contribution in [3.05, 3.63) is 82.9 Å². The Kier molecular flexibility index (Phi) is 9.41. The number of nitrogens with zero attached hydrogens (tertiary/aromatic N) is 1. The molecule has 0 saturated carbocycles. The van der Waals surface area contributed by atoms with E-state index in [9.17, 15) is 22.8 Å². The highest BCUT2D eigenvalue weighted by molar-refractivity contribution is 7.17. The number of carboxylic acid groups (broad SMARTS) is 1. The van der Waals surface area contributed by atoms with Crippen molar-refractivity contribution in [2.75, 3.05) is 0 Å². The van der Waals surface area contributed by atoms with Crippen LogP contribution in [0.15, 0.2) is 61.2 Å². The predicted octanol–water partition coefficient (Wildman–Crippen LogP) is 6.50. The summed E-state index contributed by atoms with van der Waals surface area (Å²) in [6.45, 7) is 10.0. The fourth-order valence-corrected chi connectivity index (χ4v) is 3.80. The number of carbonyl (C=O) groups excluding carboxylic acids is 1. The number of carbonyl (C=O) groups is 2.